The fourth-order valence-corrected chi connectivity index (χ4v) is 4.72. The van der Waals surface area contributed by atoms with Crippen molar-refractivity contribution in [2.45, 2.75) is 33.1 Å². The molecule has 0 heterocycles. The Morgan fingerprint density at radius 2 is 2.00 bits per heavy atom. The minimum absolute atomic E-state index is 0. The average molecular weight is 271 g/mol. The fourth-order valence-electron chi connectivity index (χ4n) is 3.42. The summed E-state index contributed by atoms with van der Waals surface area (Å²) in [4.78, 5) is 11.9. The van der Waals surface area contributed by atoms with Crippen molar-refractivity contribution >= 4 is 67.3 Å². The van der Waals surface area contributed by atoms with Crippen molar-refractivity contribution in [2.24, 2.45) is 16.7 Å². The van der Waals surface area contributed by atoms with Gasteiger partial charge >= 0.3 is 0 Å². The monoisotopic (exact) mass is 271 g/mol. The van der Waals surface area contributed by atoms with E-state index in [1.165, 1.54) is 0 Å². The van der Waals surface area contributed by atoms with Crippen LogP contribution in [0.2, 0.25) is 0 Å². The molecule has 2 bridgehead atoms. The second-order valence-electron chi connectivity index (χ2n) is 5.39. The van der Waals surface area contributed by atoms with Gasteiger partial charge in [-0.1, -0.05) is 13.8 Å². The van der Waals surface area contributed by atoms with Gasteiger partial charge in [-0.05, 0) is 24.2 Å². The molecule has 0 amide bonds. The molecule has 6 heteroatoms. The molecule has 4 nitrogen and oxygen atoms in total. The summed E-state index contributed by atoms with van der Waals surface area (Å²) in [5, 5.41) is 0. The maximum absolute atomic E-state index is 11.9. The molecular formula is C10H16KO4S. The van der Waals surface area contributed by atoms with E-state index in [-0.39, 0.29) is 68.5 Å². The summed E-state index contributed by atoms with van der Waals surface area (Å²) in [6.45, 7) is 3.89. The van der Waals surface area contributed by atoms with E-state index in [4.69, 9.17) is 4.55 Å². The molecule has 2 fully saturated rings. The molecule has 87 valence electrons. The van der Waals surface area contributed by atoms with E-state index < -0.39 is 21.3 Å². The normalized spacial score (nSPS) is 36.2. The molecule has 2 aliphatic carbocycles. The second kappa shape index (κ2) is 4.40. The number of hydrogen-bond donors (Lipinski definition) is 1. The number of carbonyl (C=O) groups excluding carboxylic acids is 1. The summed E-state index contributed by atoms with van der Waals surface area (Å²) in [7, 11) is -4.08. The summed E-state index contributed by atoms with van der Waals surface area (Å²) >= 11 is 0. The van der Waals surface area contributed by atoms with Crippen molar-refractivity contribution in [3.63, 3.8) is 0 Å². The third-order valence-electron chi connectivity index (χ3n) is 4.57. The average Bonchev–Trinajstić information content (AvgIpc) is 2.34. The zero-order valence-electron chi connectivity index (χ0n) is 9.99. The van der Waals surface area contributed by atoms with Gasteiger partial charge in [0.1, 0.15) is 5.78 Å². The van der Waals surface area contributed by atoms with Crippen LogP contribution >= 0.6 is 0 Å². The first-order chi connectivity index (χ1) is 6.69. The zero-order chi connectivity index (χ0) is 11.5. The molecule has 2 rings (SSSR count). The molecule has 2 saturated carbocycles. The van der Waals surface area contributed by atoms with Crippen molar-refractivity contribution in [1.29, 1.82) is 0 Å². The van der Waals surface area contributed by atoms with Gasteiger partial charge in [-0.2, -0.15) is 8.42 Å². The Kier molecular flexibility index (Phi) is 4.20. The third-order valence-corrected chi connectivity index (χ3v) is 5.43. The smallest absolute Gasteiger partial charge is 0.265 e. The molecule has 16 heavy (non-hydrogen) atoms. The summed E-state index contributed by atoms with van der Waals surface area (Å²) < 4.78 is 31.0. The molecule has 0 aromatic carbocycles. The van der Waals surface area contributed by atoms with Crippen LogP contribution in [0.15, 0.2) is 0 Å². The van der Waals surface area contributed by atoms with Gasteiger partial charge in [0.25, 0.3) is 10.1 Å². The maximum Gasteiger partial charge on any atom is 0.265 e. The van der Waals surface area contributed by atoms with Crippen molar-refractivity contribution in [2.75, 3.05) is 5.75 Å². The van der Waals surface area contributed by atoms with Crippen LogP contribution in [0.4, 0.5) is 0 Å². The van der Waals surface area contributed by atoms with Gasteiger partial charge in [-0.25, -0.2) is 0 Å². The van der Waals surface area contributed by atoms with Gasteiger partial charge < -0.3 is 0 Å². The molecule has 0 aromatic rings. The summed E-state index contributed by atoms with van der Waals surface area (Å²) in [6, 6.07) is 0. The maximum atomic E-state index is 11.9. The first kappa shape index (κ1) is 15.3. The Labute approximate surface area is 139 Å². The van der Waals surface area contributed by atoms with Crippen LogP contribution < -0.4 is 0 Å². The number of carbonyl (C=O) groups is 1. The SMILES string of the molecule is CC1(C)C2CCC1(CS(=O)(=O)O)C(=O)C2.[K]. The molecule has 2 atom stereocenters. The topological polar surface area (TPSA) is 71.4 Å². The van der Waals surface area contributed by atoms with Crippen molar-refractivity contribution in [1.82, 2.24) is 0 Å². The van der Waals surface area contributed by atoms with Crippen LogP contribution in [0.25, 0.3) is 0 Å². The Hall–Kier alpha value is 1.22. The molecule has 1 radical (unpaired) electrons. The van der Waals surface area contributed by atoms with E-state index in [0.29, 0.717) is 12.8 Å². The molecule has 0 spiro atoms. The quantitative estimate of drug-likeness (QED) is 0.598. The minimum Gasteiger partial charge on any atom is -0.299 e. The molecular weight excluding hydrogens is 255 g/mol. The summed E-state index contributed by atoms with van der Waals surface area (Å²) in [5.74, 6) is -0.101. The molecule has 2 unspecified atom stereocenters. The van der Waals surface area contributed by atoms with E-state index >= 15 is 0 Å². The molecule has 0 aromatic heterocycles. The zero-order valence-corrected chi connectivity index (χ0v) is 13.9. The number of rotatable bonds is 2. The number of hydrogen-bond acceptors (Lipinski definition) is 3. The van der Waals surface area contributed by atoms with Gasteiger partial charge in [0, 0.05) is 57.8 Å². The van der Waals surface area contributed by atoms with Crippen LogP contribution in [-0.4, -0.2) is 75.9 Å². The van der Waals surface area contributed by atoms with Gasteiger partial charge in [-0.15, -0.1) is 0 Å². The Morgan fingerprint density at radius 3 is 2.31 bits per heavy atom. The fraction of sp³-hybridized carbons (Fsp3) is 0.900. The van der Waals surface area contributed by atoms with E-state index in [1.54, 1.807) is 0 Å². The Balaban J connectivity index is 0.00000128. The van der Waals surface area contributed by atoms with Crippen LogP contribution in [0.5, 0.6) is 0 Å². The standard InChI is InChI=1S/C10H16O4S.K/c1-9(2)7-3-4-10(9,8(11)5-7)6-15(12,13)14;/h7H,3-6H2,1-2H3,(H,12,13,14);. The molecule has 1 N–H and O–H groups in total. The third kappa shape index (κ3) is 2.11. The van der Waals surface area contributed by atoms with Crippen molar-refractivity contribution in [3.05, 3.63) is 0 Å². The van der Waals surface area contributed by atoms with Crippen LogP contribution in [0, 0.1) is 16.7 Å². The predicted octanol–water partition coefficient (Wildman–Crippen LogP) is 0.889. The first-order valence-electron chi connectivity index (χ1n) is 5.17. The number of Topliss-reactive ketones (excluding diaryl/α,β-unsaturated/α-hetero) is 1. The summed E-state index contributed by atoms with van der Waals surface area (Å²) in [5.41, 5.74) is -1.12. The van der Waals surface area contributed by atoms with Gasteiger partial charge in [0.05, 0.1) is 11.2 Å². The van der Waals surface area contributed by atoms with Gasteiger partial charge in [0.15, 0.2) is 0 Å². The van der Waals surface area contributed by atoms with E-state index in [1.807, 2.05) is 13.8 Å². The van der Waals surface area contributed by atoms with E-state index in [0.717, 1.165) is 6.42 Å². The first-order valence-corrected chi connectivity index (χ1v) is 6.78. The molecule has 0 aliphatic heterocycles. The second-order valence-corrected chi connectivity index (χ2v) is 6.85. The molecule has 0 saturated heterocycles. The van der Waals surface area contributed by atoms with E-state index in [2.05, 4.69) is 0 Å². The predicted molar refractivity (Wildman–Crippen MR) is 60.7 cm³/mol. The van der Waals surface area contributed by atoms with Gasteiger partial charge in [0.2, 0.25) is 0 Å². The van der Waals surface area contributed by atoms with Crippen molar-refractivity contribution < 1.29 is 17.8 Å². The van der Waals surface area contributed by atoms with Crippen LogP contribution in [-0.2, 0) is 14.9 Å². The molecule has 2 aliphatic rings. The van der Waals surface area contributed by atoms with Crippen molar-refractivity contribution in [3.8, 4) is 0 Å². The minimum atomic E-state index is -4.08. The summed E-state index contributed by atoms with van der Waals surface area (Å²) in [6.07, 6.45) is 1.97. The Bertz CT molecular complexity index is 415. The number of ketones is 1. The van der Waals surface area contributed by atoms with Gasteiger partial charge in [-0.3, -0.25) is 9.35 Å². The number of fused-ring (bicyclic) bond motifs is 2. The Morgan fingerprint density at radius 1 is 1.44 bits per heavy atom. The van der Waals surface area contributed by atoms with Crippen LogP contribution in [0.3, 0.4) is 0 Å². The van der Waals surface area contributed by atoms with Crippen LogP contribution in [0.1, 0.15) is 33.1 Å². The van der Waals surface area contributed by atoms with E-state index in [9.17, 15) is 13.2 Å². The largest absolute Gasteiger partial charge is 0.299 e.